The number of nitrogens with zero attached hydrogens (tertiary/aromatic N) is 1. The van der Waals surface area contributed by atoms with Crippen LogP contribution in [0.25, 0.3) is 11.1 Å². The van der Waals surface area contributed by atoms with Gasteiger partial charge in [-0.2, -0.15) is 0 Å². The number of benzene rings is 6. The predicted octanol–water partition coefficient (Wildman–Crippen LogP) is 9.64. The average molecular weight is 720 g/mol. The number of carbonyl (C=O) groups is 1. The molecule has 6 aromatic carbocycles. The standard InChI is InChI=1S/C46H45N3O5/c1-49(30-33-10-4-2-5-11-33)31-42-28-44(36-18-16-34(32-50)17-19-36)54-45(53-42)37-22-20-35(21-23-37)43-15-9-8-12-38(43)29-47-46(51)48-39-24-26-41(27-25-39)52-40-13-6-3-7-14-40/h2-27,42,44-45,50H,28-32H2,1H3,(H2,47,48,51). The molecule has 8 nitrogen and oxygen atoms in total. The molecule has 3 atom stereocenters. The first-order valence-corrected chi connectivity index (χ1v) is 18.3. The summed E-state index contributed by atoms with van der Waals surface area (Å²) in [6.07, 6.45) is -0.0540. The number of aliphatic hydroxyl groups is 1. The molecule has 6 aromatic rings. The molecule has 0 radical (unpaired) electrons. The molecule has 7 rings (SSSR count). The number of ether oxygens (including phenoxy) is 3. The molecule has 0 aliphatic carbocycles. The number of aliphatic hydroxyl groups excluding tert-OH is 1. The lowest BCUT2D eigenvalue weighted by molar-refractivity contribution is -0.252. The first-order valence-electron chi connectivity index (χ1n) is 18.3. The fourth-order valence-electron chi connectivity index (χ4n) is 6.70. The normalized spacial score (nSPS) is 16.8. The number of nitrogens with one attached hydrogen (secondary N) is 2. The third kappa shape index (κ3) is 9.80. The van der Waals surface area contributed by atoms with Crippen LogP contribution in [0.3, 0.4) is 0 Å². The van der Waals surface area contributed by atoms with Crippen LogP contribution in [-0.4, -0.2) is 35.7 Å². The third-order valence-corrected chi connectivity index (χ3v) is 9.47. The quantitative estimate of drug-likeness (QED) is 0.110. The molecule has 1 heterocycles. The SMILES string of the molecule is CN(Cc1ccccc1)CC1CC(c2ccc(CO)cc2)OC(c2ccc(-c3ccccc3CNC(=O)Nc3ccc(Oc4ccccc4)cc3)cc2)O1. The van der Waals surface area contributed by atoms with Crippen LogP contribution in [-0.2, 0) is 29.2 Å². The molecule has 3 unspecified atom stereocenters. The highest BCUT2D eigenvalue weighted by Crippen LogP contribution is 2.39. The Labute approximate surface area is 317 Å². The number of carbonyl (C=O) groups excluding carboxylic acids is 1. The van der Waals surface area contributed by atoms with E-state index in [2.05, 4.69) is 77.2 Å². The molecule has 274 valence electrons. The van der Waals surface area contributed by atoms with E-state index in [1.165, 1.54) is 5.56 Å². The van der Waals surface area contributed by atoms with Crippen LogP contribution in [0, 0.1) is 0 Å². The van der Waals surface area contributed by atoms with Gasteiger partial charge in [0.1, 0.15) is 11.5 Å². The molecule has 3 N–H and O–H groups in total. The van der Waals surface area contributed by atoms with E-state index in [-0.39, 0.29) is 24.8 Å². The van der Waals surface area contributed by atoms with E-state index in [9.17, 15) is 9.90 Å². The summed E-state index contributed by atoms with van der Waals surface area (Å²) in [5, 5.41) is 15.5. The number of likely N-dealkylation sites (N-methyl/N-ethyl adjacent to an activating group) is 1. The van der Waals surface area contributed by atoms with E-state index in [1.807, 2.05) is 103 Å². The van der Waals surface area contributed by atoms with Crippen molar-refractivity contribution in [1.82, 2.24) is 10.2 Å². The maximum Gasteiger partial charge on any atom is 0.319 e. The minimum absolute atomic E-state index is 0.00364. The molecular weight excluding hydrogens is 675 g/mol. The molecule has 1 fully saturated rings. The second-order valence-corrected chi connectivity index (χ2v) is 13.6. The largest absolute Gasteiger partial charge is 0.457 e. The van der Waals surface area contributed by atoms with Gasteiger partial charge in [-0.25, -0.2) is 4.79 Å². The molecule has 0 aromatic heterocycles. The first kappa shape index (κ1) is 36.6. The van der Waals surface area contributed by atoms with Gasteiger partial charge < -0.3 is 30.0 Å². The van der Waals surface area contributed by atoms with E-state index < -0.39 is 6.29 Å². The van der Waals surface area contributed by atoms with Crippen LogP contribution in [0.1, 0.15) is 46.6 Å². The highest BCUT2D eigenvalue weighted by atomic mass is 16.7. The molecule has 0 saturated carbocycles. The molecule has 1 saturated heterocycles. The first-order chi connectivity index (χ1) is 26.5. The molecule has 0 bridgehead atoms. The molecule has 0 spiro atoms. The predicted molar refractivity (Wildman–Crippen MR) is 212 cm³/mol. The highest BCUT2D eigenvalue weighted by molar-refractivity contribution is 5.89. The lowest BCUT2D eigenvalue weighted by Gasteiger charge is -2.38. The molecule has 54 heavy (non-hydrogen) atoms. The minimum atomic E-state index is -0.551. The van der Waals surface area contributed by atoms with Crippen molar-refractivity contribution in [2.75, 3.05) is 18.9 Å². The van der Waals surface area contributed by atoms with Crippen molar-refractivity contribution in [1.29, 1.82) is 0 Å². The van der Waals surface area contributed by atoms with Crippen molar-refractivity contribution in [2.24, 2.45) is 0 Å². The summed E-state index contributed by atoms with van der Waals surface area (Å²) in [6, 6.07) is 51.3. The monoisotopic (exact) mass is 719 g/mol. The number of para-hydroxylation sites is 1. The third-order valence-electron chi connectivity index (χ3n) is 9.47. The second kappa shape index (κ2) is 17.8. The van der Waals surface area contributed by atoms with Gasteiger partial charge in [0, 0.05) is 37.3 Å². The average Bonchev–Trinajstić information content (AvgIpc) is 3.21. The van der Waals surface area contributed by atoms with Gasteiger partial charge in [-0.15, -0.1) is 0 Å². The van der Waals surface area contributed by atoms with E-state index >= 15 is 0 Å². The van der Waals surface area contributed by atoms with Crippen molar-refractivity contribution in [3.05, 3.63) is 186 Å². The second-order valence-electron chi connectivity index (χ2n) is 13.6. The summed E-state index contributed by atoms with van der Waals surface area (Å²) in [7, 11) is 2.12. The number of urea groups is 1. The summed E-state index contributed by atoms with van der Waals surface area (Å²) in [4.78, 5) is 15.2. The molecule has 8 heteroatoms. The Morgan fingerprint density at radius 1 is 0.722 bits per heavy atom. The lowest BCUT2D eigenvalue weighted by atomic mass is 9.97. The van der Waals surface area contributed by atoms with E-state index in [0.29, 0.717) is 24.4 Å². The van der Waals surface area contributed by atoms with Crippen molar-refractivity contribution in [3.63, 3.8) is 0 Å². The van der Waals surface area contributed by atoms with E-state index in [0.717, 1.165) is 52.2 Å². The summed E-state index contributed by atoms with van der Waals surface area (Å²) < 4.78 is 19.1. The number of anilines is 1. The van der Waals surface area contributed by atoms with Gasteiger partial charge in [0.25, 0.3) is 0 Å². The highest BCUT2D eigenvalue weighted by Gasteiger charge is 2.33. The molecular formula is C46H45N3O5. The van der Waals surface area contributed by atoms with Gasteiger partial charge >= 0.3 is 6.03 Å². The zero-order valence-corrected chi connectivity index (χ0v) is 30.3. The van der Waals surface area contributed by atoms with Gasteiger partial charge in [0.2, 0.25) is 0 Å². The summed E-state index contributed by atoms with van der Waals surface area (Å²) in [5.74, 6) is 1.44. The Morgan fingerprint density at radius 3 is 2.09 bits per heavy atom. The van der Waals surface area contributed by atoms with Crippen LogP contribution in [0.4, 0.5) is 10.5 Å². The van der Waals surface area contributed by atoms with Crippen molar-refractivity contribution in [2.45, 2.75) is 44.6 Å². The molecule has 1 aliphatic rings. The number of hydrogen-bond acceptors (Lipinski definition) is 6. The van der Waals surface area contributed by atoms with E-state index in [4.69, 9.17) is 14.2 Å². The van der Waals surface area contributed by atoms with Gasteiger partial charge in [-0.05, 0) is 76.8 Å². The summed E-state index contributed by atoms with van der Waals surface area (Å²) >= 11 is 0. The fraction of sp³-hybridized carbons (Fsp3) is 0.196. The molecule has 2 amide bonds. The Bertz CT molecular complexity index is 2070. The Hall–Kier alpha value is -5.77. The van der Waals surface area contributed by atoms with Crippen molar-refractivity contribution < 1.29 is 24.1 Å². The maximum atomic E-state index is 12.9. The lowest BCUT2D eigenvalue weighted by Crippen LogP contribution is -2.37. The number of hydrogen-bond donors (Lipinski definition) is 3. The summed E-state index contributed by atoms with van der Waals surface area (Å²) in [6.45, 7) is 1.93. The van der Waals surface area contributed by atoms with Crippen LogP contribution in [0.2, 0.25) is 0 Å². The fourth-order valence-corrected chi connectivity index (χ4v) is 6.70. The maximum absolute atomic E-state index is 12.9. The molecule has 1 aliphatic heterocycles. The van der Waals surface area contributed by atoms with Crippen LogP contribution in [0.5, 0.6) is 11.5 Å². The zero-order valence-electron chi connectivity index (χ0n) is 30.3. The Kier molecular flexibility index (Phi) is 12.1. The smallest absolute Gasteiger partial charge is 0.319 e. The number of amides is 2. The van der Waals surface area contributed by atoms with Crippen molar-refractivity contribution >= 4 is 11.7 Å². The summed E-state index contributed by atoms with van der Waals surface area (Å²) in [5.41, 5.74) is 7.83. The van der Waals surface area contributed by atoms with Crippen LogP contribution >= 0.6 is 0 Å². The van der Waals surface area contributed by atoms with Gasteiger partial charge in [-0.3, -0.25) is 4.90 Å². The minimum Gasteiger partial charge on any atom is -0.457 e. The van der Waals surface area contributed by atoms with Crippen LogP contribution < -0.4 is 15.4 Å². The van der Waals surface area contributed by atoms with Gasteiger partial charge in [-0.1, -0.05) is 121 Å². The Morgan fingerprint density at radius 2 is 1.37 bits per heavy atom. The van der Waals surface area contributed by atoms with Crippen LogP contribution in [0.15, 0.2) is 158 Å². The Balaban J connectivity index is 1.000. The van der Waals surface area contributed by atoms with Gasteiger partial charge in [0.15, 0.2) is 6.29 Å². The number of rotatable bonds is 13. The zero-order chi connectivity index (χ0) is 37.1. The van der Waals surface area contributed by atoms with Gasteiger partial charge in [0.05, 0.1) is 18.8 Å². The van der Waals surface area contributed by atoms with Crippen molar-refractivity contribution in [3.8, 4) is 22.6 Å². The topological polar surface area (TPSA) is 92.3 Å². The van der Waals surface area contributed by atoms with E-state index in [1.54, 1.807) is 0 Å².